The molecule has 0 radical (unpaired) electrons. The topological polar surface area (TPSA) is 38.2 Å². The molecule has 3 rings (SSSR count). The first-order valence-electron chi connectivity index (χ1n) is 5.98. The van der Waals surface area contributed by atoms with Gasteiger partial charge in [0.25, 0.3) is 0 Å². The van der Waals surface area contributed by atoms with E-state index in [0.717, 1.165) is 12.8 Å². The van der Waals surface area contributed by atoms with Gasteiger partial charge in [-0.1, -0.05) is 0 Å². The Labute approximate surface area is 95.7 Å². The van der Waals surface area contributed by atoms with Crippen LogP contribution in [0.2, 0.25) is 0 Å². The first kappa shape index (κ1) is 10.0. The summed E-state index contributed by atoms with van der Waals surface area (Å²) in [5, 5.41) is 0. The SMILES string of the molecule is CN1[C@@H]2CC[C@H]1CC(Oc1ncccn1)C2. The minimum Gasteiger partial charge on any atom is -0.460 e. The van der Waals surface area contributed by atoms with E-state index in [4.69, 9.17) is 4.74 Å². The van der Waals surface area contributed by atoms with E-state index in [1.54, 1.807) is 12.4 Å². The van der Waals surface area contributed by atoms with Crippen molar-refractivity contribution in [2.45, 2.75) is 43.9 Å². The maximum absolute atomic E-state index is 5.84. The van der Waals surface area contributed by atoms with Crippen LogP contribution in [-0.2, 0) is 0 Å². The molecule has 0 saturated carbocycles. The first-order valence-corrected chi connectivity index (χ1v) is 5.98. The Morgan fingerprint density at radius 2 is 1.81 bits per heavy atom. The second-order valence-corrected chi connectivity index (χ2v) is 4.79. The number of nitrogens with zero attached hydrogens (tertiary/aromatic N) is 3. The molecule has 1 aromatic rings. The highest BCUT2D eigenvalue weighted by molar-refractivity contribution is 4.99. The van der Waals surface area contributed by atoms with Crippen LogP contribution in [-0.4, -0.2) is 40.1 Å². The predicted octanol–water partition coefficient (Wildman–Crippen LogP) is 1.48. The monoisotopic (exact) mass is 219 g/mol. The predicted molar refractivity (Wildman–Crippen MR) is 60.3 cm³/mol. The van der Waals surface area contributed by atoms with Crippen molar-refractivity contribution in [1.82, 2.24) is 14.9 Å². The summed E-state index contributed by atoms with van der Waals surface area (Å²) in [4.78, 5) is 10.7. The first-order chi connectivity index (χ1) is 7.83. The van der Waals surface area contributed by atoms with Gasteiger partial charge in [-0.3, -0.25) is 0 Å². The van der Waals surface area contributed by atoms with E-state index in [2.05, 4.69) is 21.9 Å². The fourth-order valence-electron chi connectivity index (χ4n) is 2.95. The van der Waals surface area contributed by atoms with Crippen LogP contribution < -0.4 is 4.74 Å². The third-order valence-electron chi connectivity index (χ3n) is 3.87. The highest BCUT2D eigenvalue weighted by atomic mass is 16.5. The maximum atomic E-state index is 5.84. The molecule has 2 fully saturated rings. The smallest absolute Gasteiger partial charge is 0.316 e. The lowest BCUT2D eigenvalue weighted by Gasteiger charge is -2.35. The maximum Gasteiger partial charge on any atom is 0.316 e. The number of hydrogen-bond acceptors (Lipinski definition) is 4. The zero-order valence-electron chi connectivity index (χ0n) is 9.54. The molecule has 2 aliphatic rings. The van der Waals surface area contributed by atoms with Crippen molar-refractivity contribution in [2.75, 3.05) is 7.05 Å². The van der Waals surface area contributed by atoms with E-state index < -0.39 is 0 Å². The summed E-state index contributed by atoms with van der Waals surface area (Å²) < 4.78 is 5.84. The molecule has 0 aliphatic carbocycles. The number of piperidine rings is 1. The van der Waals surface area contributed by atoms with Crippen molar-refractivity contribution in [3.63, 3.8) is 0 Å². The molecule has 16 heavy (non-hydrogen) atoms. The molecule has 2 saturated heterocycles. The fourth-order valence-corrected chi connectivity index (χ4v) is 2.95. The van der Waals surface area contributed by atoms with Crippen molar-refractivity contribution in [3.05, 3.63) is 18.5 Å². The van der Waals surface area contributed by atoms with Gasteiger partial charge in [0.1, 0.15) is 6.10 Å². The van der Waals surface area contributed by atoms with E-state index >= 15 is 0 Å². The van der Waals surface area contributed by atoms with E-state index in [0.29, 0.717) is 24.2 Å². The van der Waals surface area contributed by atoms with Crippen LogP contribution in [0, 0.1) is 0 Å². The lowest BCUT2D eigenvalue weighted by molar-refractivity contribution is 0.0600. The van der Waals surface area contributed by atoms with Gasteiger partial charge in [0.2, 0.25) is 0 Å². The third kappa shape index (κ3) is 1.78. The van der Waals surface area contributed by atoms with Gasteiger partial charge in [0.15, 0.2) is 0 Å². The van der Waals surface area contributed by atoms with Crippen LogP contribution in [0.5, 0.6) is 6.01 Å². The lowest BCUT2D eigenvalue weighted by atomic mass is 10.0. The van der Waals surface area contributed by atoms with Gasteiger partial charge >= 0.3 is 6.01 Å². The van der Waals surface area contributed by atoms with Crippen molar-refractivity contribution in [2.24, 2.45) is 0 Å². The summed E-state index contributed by atoms with van der Waals surface area (Å²) in [6, 6.07) is 3.74. The van der Waals surface area contributed by atoms with Crippen LogP contribution in [0.25, 0.3) is 0 Å². The second kappa shape index (κ2) is 4.01. The second-order valence-electron chi connectivity index (χ2n) is 4.79. The van der Waals surface area contributed by atoms with E-state index in [9.17, 15) is 0 Å². The molecule has 0 aromatic carbocycles. The number of hydrogen-bond donors (Lipinski definition) is 0. The molecule has 0 N–H and O–H groups in total. The Morgan fingerprint density at radius 3 is 2.44 bits per heavy atom. The molecule has 3 heterocycles. The number of ether oxygens (including phenoxy) is 1. The fraction of sp³-hybridized carbons (Fsp3) is 0.667. The van der Waals surface area contributed by atoms with Gasteiger partial charge in [0, 0.05) is 37.3 Å². The van der Waals surface area contributed by atoms with Gasteiger partial charge in [-0.25, -0.2) is 9.97 Å². The number of fused-ring (bicyclic) bond motifs is 2. The van der Waals surface area contributed by atoms with Gasteiger partial charge in [-0.2, -0.15) is 0 Å². The molecule has 0 spiro atoms. The highest BCUT2D eigenvalue weighted by Crippen LogP contribution is 2.35. The Bertz CT molecular complexity index is 343. The Kier molecular flexibility index (Phi) is 2.52. The van der Waals surface area contributed by atoms with E-state index in [1.165, 1.54) is 12.8 Å². The summed E-state index contributed by atoms with van der Waals surface area (Å²) in [5.74, 6) is 0. The Balaban J connectivity index is 1.66. The standard InChI is InChI=1S/C12H17N3O/c1-15-9-3-4-10(15)8-11(7-9)16-12-13-5-2-6-14-12/h2,5-6,9-11H,3-4,7-8H2,1H3/t9-,10+,11?. The summed E-state index contributed by atoms with van der Waals surface area (Å²) in [6.45, 7) is 0. The van der Waals surface area contributed by atoms with Crippen LogP contribution in [0.15, 0.2) is 18.5 Å². The van der Waals surface area contributed by atoms with Crippen molar-refractivity contribution in [3.8, 4) is 6.01 Å². The van der Waals surface area contributed by atoms with Crippen molar-refractivity contribution in [1.29, 1.82) is 0 Å². The molecular formula is C12H17N3O. The van der Waals surface area contributed by atoms with Gasteiger partial charge in [-0.15, -0.1) is 0 Å². The molecule has 3 atom stereocenters. The Hall–Kier alpha value is -1.16. The zero-order valence-corrected chi connectivity index (χ0v) is 9.54. The third-order valence-corrected chi connectivity index (χ3v) is 3.87. The summed E-state index contributed by atoms with van der Waals surface area (Å²) in [5.41, 5.74) is 0. The average molecular weight is 219 g/mol. The molecule has 4 nitrogen and oxygen atoms in total. The molecule has 2 aliphatic heterocycles. The van der Waals surface area contributed by atoms with Crippen LogP contribution >= 0.6 is 0 Å². The molecule has 4 heteroatoms. The lowest BCUT2D eigenvalue weighted by Crippen LogP contribution is -2.44. The van der Waals surface area contributed by atoms with E-state index in [-0.39, 0.29) is 0 Å². The number of aromatic nitrogens is 2. The largest absolute Gasteiger partial charge is 0.460 e. The van der Waals surface area contributed by atoms with Crippen LogP contribution in [0.1, 0.15) is 25.7 Å². The Morgan fingerprint density at radius 1 is 1.19 bits per heavy atom. The minimum atomic E-state index is 0.302. The average Bonchev–Trinajstić information content (AvgIpc) is 2.54. The number of rotatable bonds is 2. The molecule has 2 bridgehead atoms. The van der Waals surface area contributed by atoms with Crippen molar-refractivity contribution >= 4 is 0 Å². The van der Waals surface area contributed by atoms with Crippen molar-refractivity contribution < 1.29 is 4.74 Å². The summed E-state index contributed by atoms with van der Waals surface area (Å²) in [7, 11) is 2.23. The van der Waals surface area contributed by atoms with Gasteiger partial charge in [0.05, 0.1) is 0 Å². The molecule has 86 valence electrons. The zero-order chi connectivity index (χ0) is 11.0. The quantitative estimate of drug-likeness (QED) is 0.755. The molecular weight excluding hydrogens is 202 g/mol. The van der Waals surface area contributed by atoms with Crippen LogP contribution in [0.3, 0.4) is 0 Å². The minimum absolute atomic E-state index is 0.302. The van der Waals surface area contributed by atoms with Gasteiger partial charge < -0.3 is 9.64 Å². The molecule has 1 aromatic heterocycles. The highest BCUT2D eigenvalue weighted by Gasteiger charge is 2.39. The molecule has 0 amide bonds. The van der Waals surface area contributed by atoms with Gasteiger partial charge in [-0.05, 0) is 26.0 Å². The van der Waals surface area contributed by atoms with Crippen LogP contribution in [0.4, 0.5) is 0 Å². The van der Waals surface area contributed by atoms with E-state index in [1.807, 2.05) is 6.07 Å². The summed E-state index contributed by atoms with van der Waals surface area (Å²) in [6.07, 6.45) is 8.62. The normalized spacial score (nSPS) is 33.9. The molecule has 1 unspecified atom stereocenters. The summed E-state index contributed by atoms with van der Waals surface area (Å²) >= 11 is 0.